The van der Waals surface area contributed by atoms with Crippen LogP contribution in [0.15, 0.2) is 54.6 Å². The van der Waals surface area contributed by atoms with Crippen molar-refractivity contribution in [3.05, 3.63) is 60.2 Å². The van der Waals surface area contributed by atoms with Crippen LogP contribution < -0.4 is 15.0 Å². The second-order valence-corrected chi connectivity index (χ2v) is 8.30. The fourth-order valence-corrected chi connectivity index (χ4v) is 4.31. The lowest BCUT2D eigenvalue weighted by molar-refractivity contribution is -0.126. The van der Waals surface area contributed by atoms with Crippen molar-refractivity contribution in [1.82, 2.24) is 10.2 Å². The molecule has 0 saturated carbocycles. The van der Waals surface area contributed by atoms with E-state index in [-0.39, 0.29) is 24.0 Å². The molecule has 1 atom stereocenters. The molecule has 164 valence electrons. The quantitative estimate of drug-likeness (QED) is 0.798. The molecule has 0 bridgehead atoms. The lowest BCUT2D eigenvalue weighted by Gasteiger charge is -2.39. The van der Waals surface area contributed by atoms with Gasteiger partial charge in [-0.05, 0) is 43.4 Å². The van der Waals surface area contributed by atoms with E-state index in [0.29, 0.717) is 39.0 Å². The molecular weight excluding hydrogens is 390 g/mol. The van der Waals surface area contributed by atoms with Gasteiger partial charge < -0.3 is 15.0 Å². The third kappa shape index (κ3) is 5.01. The summed E-state index contributed by atoms with van der Waals surface area (Å²) in [4.78, 5) is 29.6. The molecule has 0 spiro atoms. The molecule has 0 radical (unpaired) electrons. The van der Waals surface area contributed by atoms with Crippen LogP contribution in [0.2, 0.25) is 0 Å². The summed E-state index contributed by atoms with van der Waals surface area (Å²) in [6.07, 6.45) is 3.09. The summed E-state index contributed by atoms with van der Waals surface area (Å²) < 4.78 is 6.00. The second kappa shape index (κ2) is 9.86. The van der Waals surface area contributed by atoms with Gasteiger partial charge in [0.05, 0.1) is 12.2 Å². The molecule has 1 N–H and O–H groups in total. The van der Waals surface area contributed by atoms with Crippen LogP contribution in [0.3, 0.4) is 0 Å². The van der Waals surface area contributed by atoms with E-state index >= 15 is 0 Å². The zero-order valence-electron chi connectivity index (χ0n) is 18.1. The van der Waals surface area contributed by atoms with Crippen LogP contribution >= 0.6 is 0 Å². The summed E-state index contributed by atoms with van der Waals surface area (Å²) in [5.41, 5.74) is 2.05. The highest BCUT2D eigenvalue weighted by Crippen LogP contribution is 2.35. The van der Waals surface area contributed by atoms with Gasteiger partial charge in [-0.3, -0.25) is 9.69 Å². The molecule has 2 aromatic rings. The predicted octanol–water partition coefficient (Wildman–Crippen LogP) is 3.85. The molecule has 1 saturated heterocycles. The lowest BCUT2D eigenvalue weighted by Crippen LogP contribution is -2.52. The summed E-state index contributed by atoms with van der Waals surface area (Å²) in [6.45, 7) is 4.48. The van der Waals surface area contributed by atoms with Crippen LogP contribution in [-0.2, 0) is 11.2 Å². The SMILES string of the molecule is CC[C@H]1CN(C(=O)N2CCC(C(=O)NCCc3ccccc3)CC2)c2ccccc2O1. The average Bonchev–Trinajstić information content (AvgIpc) is 2.83. The molecule has 6 heteroatoms. The Morgan fingerprint density at radius 1 is 1.03 bits per heavy atom. The molecule has 2 aliphatic rings. The van der Waals surface area contributed by atoms with Gasteiger partial charge >= 0.3 is 6.03 Å². The first-order chi connectivity index (χ1) is 15.2. The number of fused-ring (bicyclic) bond motifs is 1. The van der Waals surface area contributed by atoms with Crippen molar-refractivity contribution >= 4 is 17.6 Å². The van der Waals surface area contributed by atoms with E-state index in [1.54, 1.807) is 0 Å². The summed E-state index contributed by atoms with van der Waals surface area (Å²) in [5, 5.41) is 3.07. The number of hydrogen-bond donors (Lipinski definition) is 1. The minimum absolute atomic E-state index is 0.00628. The van der Waals surface area contributed by atoms with Gasteiger partial charge in [0.15, 0.2) is 0 Å². The van der Waals surface area contributed by atoms with Gasteiger partial charge in [-0.15, -0.1) is 0 Å². The van der Waals surface area contributed by atoms with Crippen molar-refractivity contribution in [1.29, 1.82) is 0 Å². The van der Waals surface area contributed by atoms with Crippen molar-refractivity contribution in [2.24, 2.45) is 5.92 Å². The van der Waals surface area contributed by atoms with Crippen LogP contribution in [0.4, 0.5) is 10.5 Å². The molecule has 0 aliphatic carbocycles. The number of benzene rings is 2. The first kappa shape index (κ1) is 21.2. The Morgan fingerprint density at radius 2 is 1.74 bits per heavy atom. The molecule has 0 unspecified atom stereocenters. The molecule has 3 amide bonds. The highest BCUT2D eigenvalue weighted by molar-refractivity contribution is 5.94. The van der Waals surface area contributed by atoms with Gasteiger partial charge in [0.2, 0.25) is 5.91 Å². The zero-order chi connectivity index (χ0) is 21.6. The Bertz CT molecular complexity index is 894. The molecule has 2 aromatic carbocycles. The van der Waals surface area contributed by atoms with Gasteiger partial charge in [0.1, 0.15) is 11.9 Å². The minimum atomic E-state index is -0.0276. The normalized spacial score (nSPS) is 18.8. The van der Waals surface area contributed by atoms with Crippen molar-refractivity contribution in [2.45, 2.75) is 38.7 Å². The number of hydrogen-bond acceptors (Lipinski definition) is 3. The standard InChI is InChI=1S/C25H31N3O3/c1-2-21-18-28(22-10-6-7-11-23(22)31-21)25(30)27-16-13-20(14-17-27)24(29)26-15-12-19-8-4-3-5-9-19/h3-11,20-21H,2,12-18H2,1H3,(H,26,29)/t21-/m0/s1. The Balaban J connectivity index is 1.29. The Labute approximate surface area is 184 Å². The summed E-state index contributed by atoms with van der Waals surface area (Å²) in [7, 11) is 0. The third-order valence-electron chi connectivity index (χ3n) is 6.21. The second-order valence-electron chi connectivity index (χ2n) is 8.30. The summed E-state index contributed by atoms with van der Waals surface area (Å²) in [5.74, 6) is 0.840. The first-order valence-electron chi connectivity index (χ1n) is 11.3. The maximum absolute atomic E-state index is 13.3. The van der Waals surface area contributed by atoms with Gasteiger partial charge in [-0.25, -0.2) is 4.79 Å². The summed E-state index contributed by atoms with van der Waals surface area (Å²) >= 11 is 0. The number of ether oxygens (including phenoxy) is 1. The molecule has 2 aliphatic heterocycles. The average molecular weight is 422 g/mol. The molecule has 31 heavy (non-hydrogen) atoms. The number of carbonyl (C=O) groups is 2. The first-order valence-corrected chi connectivity index (χ1v) is 11.3. The fourth-order valence-electron chi connectivity index (χ4n) is 4.31. The number of amides is 3. The van der Waals surface area contributed by atoms with E-state index in [9.17, 15) is 9.59 Å². The van der Waals surface area contributed by atoms with Gasteiger partial charge in [0, 0.05) is 25.6 Å². The number of anilines is 1. The number of rotatable bonds is 5. The van der Waals surface area contributed by atoms with E-state index < -0.39 is 0 Å². The number of piperidine rings is 1. The Hall–Kier alpha value is -3.02. The third-order valence-corrected chi connectivity index (χ3v) is 6.21. The van der Waals surface area contributed by atoms with E-state index in [1.807, 2.05) is 52.3 Å². The number of urea groups is 1. The molecule has 2 heterocycles. The predicted molar refractivity (Wildman–Crippen MR) is 121 cm³/mol. The van der Waals surface area contributed by atoms with Crippen LogP contribution in [0, 0.1) is 5.92 Å². The van der Waals surface area contributed by atoms with Crippen LogP contribution in [0.25, 0.3) is 0 Å². The number of para-hydroxylation sites is 2. The maximum atomic E-state index is 13.3. The van der Waals surface area contributed by atoms with Gasteiger partial charge in [-0.1, -0.05) is 49.4 Å². The highest BCUT2D eigenvalue weighted by Gasteiger charge is 2.34. The Morgan fingerprint density at radius 3 is 2.48 bits per heavy atom. The van der Waals surface area contributed by atoms with Crippen molar-refractivity contribution < 1.29 is 14.3 Å². The lowest BCUT2D eigenvalue weighted by atomic mass is 9.96. The minimum Gasteiger partial charge on any atom is -0.486 e. The van der Waals surface area contributed by atoms with E-state index in [1.165, 1.54) is 5.56 Å². The van der Waals surface area contributed by atoms with Crippen molar-refractivity contribution in [3.63, 3.8) is 0 Å². The number of nitrogens with zero attached hydrogens (tertiary/aromatic N) is 2. The van der Waals surface area contributed by atoms with E-state index in [4.69, 9.17) is 4.74 Å². The van der Waals surface area contributed by atoms with Crippen molar-refractivity contribution in [2.75, 3.05) is 31.1 Å². The van der Waals surface area contributed by atoms with Crippen LogP contribution in [0.5, 0.6) is 5.75 Å². The zero-order valence-corrected chi connectivity index (χ0v) is 18.1. The monoisotopic (exact) mass is 421 g/mol. The van der Waals surface area contributed by atoms with Crippen LogP contribution in [-0.4, -0.2) is 49.1 Å². The molecular formula is C25H31N3O3. The number of likely N-dealkylation sites (tertiary alicyclic amines) is 1. The molecule has 4 rings (SSSR count). The maximum Gasteiger partial charge on any atom is 0.324 e. The number of carbonyl (C=O) groups excluding carboxylic acids is 2. The largest absolute Gasteiger partial charge is 0.486 e. The van der Waals surface area contributed by atoms with Gasteiger partial charge in [-0.2, -0.15) is 0 Å². The molecule has 1 fully saturated rings. The smallest absolute Gasteiger partial charge is 0.324 e. The summed E-state index contributed by atoms with van der Waals surface area (Å²) in [6, 6.07) is 17.9. The molecule has 6 nitrogen and oxygen atoms in total. The number of nitrogens with one attached hydrogen (secondary N) is 1. The molecule has 0 aromatic heterocycles. The van der Waals surface area contributed by atoms with E-state index in [0.717, 1.165) is 24.3 Å². The Kier molecular flexibility index (Phi) is 6.75. The van der Waals surface area contributed by atoms with Gasteiger partial charge in [0.25, 0.3) is 0 Å². The van der Waals surface area contributed by atoms with E-state index in [2.05, 4.69) is 24.4 Å². The topological polar surface area (TPSA) is 61.9 Å². The fraction of sp³-hybridized carbons (Fsp3) is 0.440. The van der Waals surface area contributed by atoms with Crippen molar-refractivity contribution in [3.8, 4) is 5.75 Å². The van der Waals surface area contributed by atoms with Crippen LogP contribution in [0.1, 0.15) is 31.7 Å². The highest BCUT2D eigenvalue weighted by atomic mass is 16.5.